The third-order valence-corrected chi connectivity index (χ3v) is 5.22. The van der Waals surface area contributed by atoms with Gasteiger partial charge in [0.1, 0.15) is 11.4 Å². The summed E-state index contributed by atoms with van der Waals surface area (Å²) >= 11 is 0. The molecule has 0 unspecified atom stereocenters. The van der Waals surface area contributed by atoms with Gasteiger partial charge in [0.15, 0.2) is 5.69 Å². The fourth-order valence-electron chi connectivity index (χ4n) is 3.47. The van der Waals surface area contributed by atoms with Crippen molar-refractivity contribution in [3.63, 3.8) is 0 Å². The van der Waals surface area contributed by atoms with Crippen LogP contribution in [0.3, 0.4) is 0 Å². The molecule has 0 saturated heterocycles. The third-order valence-electron chi connectivity index (χ3n) is 5.22. The van der Waals surface area contributed by atoms with Crippen LogP contribution >= 0.6 is 0 Å². The molecular formula is C21H22F6N6O. The van der Waals surface area contributed by atoms with Crippen molar-refractivity contribution in [3.8, 4) is 11.3 Å². The summed E-state index contributed by atoms with van der Waals surface area (Å²) < 4.78 is 79.8. The first-order valence-electron chi connectivity index (χ1n) is 10.3. The van der Waals surface area contributed by atoms with Crippen LogP contribution in [0.2, 0.25) is 0 Å². The van der Waals surface area contributed by atoms with Crippen LogP contribution in [-0.4, -0.2) is 30.5 Å². The van der Waals surface area contributed by atoms with Gasteiger partial charge in [0.05, 0.1) is 16.9 Å². The first kappa shape index (κ1) is 25.2. The van der Waals surface area contributed by atoms with Crippen LogP contribution in [0, 0.1) is 0 Å². The fraction of sp³-hybridized carbons (Fsp3) is 0.429. The van der Waals surface area contributed by atoms with Gasteiger partial charge < -0.3 is 5.32 Å². The summed E-state index contributed by atoms with van der Waals surface area (Å²) in [6.45, 7) is 4.00. The van der Waals surface area contributed by atoms with E-state index in [4.69, 9.17) is 0 Å². The summed E-state index contributed by atoms with van der Waals surface area (Å²) in [6.07, 6.45) is -7.29. The molecule has 0 aliphatic heterocycles. The lowest BCUT2D eigenvalue weighted by Crippen LogP contribution is -2.37. The molecule has 0 spiro atoms. The Labute approximate surface area is 190 Å². The maximum Gasteiger partial charge on any atom is 0.435 e. The Morgan fingerprint density at radius 1 is 0.941 bits per heavy atom. The summed E-state index contributed by atoms with van der Waals surface area (Å²) in [5.74, 6) is -0.751. The van der Waals surface area contributed by atoms with Gasteiger partial charge >= 0.3 is 12.4 Å². The number of carbonyl (C=O) groups excluding carboxylic acids is 1. The molecule has 1 N–H and O–H groups in total. The van der Waals surface area contributed by atoms with E-state index in [2.05, 4.69) is 20.5 Å². The van der Waals surface area contributed by atoms with E-state index in [1.807, 2.05) is 13.8 Å². The molecule has 13 heteroatoms. The number of hydrogen-bond acceptors (Lipinski definition) is 4. The average molecular weight is 488 g/mol. The molecule has 0 aromatic carbocycles. The number of nitrogens with zero attached hydrogens (tertiary/aromatic N) is 5. The van der Waals surface area contributed by atoms with Crippen LogP contribution in [0.15, 0.2) is 30.5 Å². The second-order valence-electron chi connectivity index (χ2n) is 7.54. The molecule has 0 radical (unpaired) electrons. The molecule has 0 atom stereocenters. The van der Waals surface area contributed by atoms with Crippen molar-refractivity contribution in [2.45, 2.75) is 44.6 Å². The minimum atomic E-state index is -4.69. The topological polar surface area (TPSA) is 77.6 Å². The van der Waals surface area contributed by atoms with Crippen molar-refractivity contribution in [2.75, 3.05) is 0 Å². The Bertz CT molecular complexity index is 1190. The van der Waals surface area contributed by atoms with E-state index in [0.717, 1.165) is 16.9 Å². The number of aryl methyl sites for hydroxylation is 2. The van der Waals surface area contributed by atoms with Crippen molar-refractivity contribution in [2.24, 2.45) is 14.1 Å². The monoisotopic (exact) mass is 488 g/mol. The fourth-order valence-corrected chi connectivity index (χ4v) is 3.47. The standard InChI is InChI=1S/C19H16F6N6O.C2H6/c1-30-12(9-14(29-30)19(23,24)25)16(32)27-17(4-5-17)15-8-11(28-31(15)2)10-3-6-26-13(7-10)18(20,21)22;1-2/h3,6-9H,4-5H2,1-2H3,(H,27,32);1-2H3. The van der Waals surface area contributed by atoms with Crippen molar-refractivity contribution in [1.82, 2.24) is 29.9 Å². The first-order chi connectivity index (χ1) is 15.8. The number of amides is 1. The normalized spacial score (nSPS) is 14.9. The predicted molar refractivity (Wildman–Crippen MR) is 109 cm³/mol. The highest BCUT2D eigenvalue weighted by molar-refractivity contribution is 5.93. The van der Waals surface area contributed by atoms with Crippen LogP contribution < -0.4 is 5.32 Å². The van der Waals surface area contributed by atoms with Gasteiger partial charge in [-0.1, -0.05) is 13.8 Å². The van der Waals surface area contributed by atoms with E-state index in [-0.39, 0.29) is 17.0 Å². The minimum Gasteiger partial charge on any atom is -0.340 e. The summed E-state index contributed by atoms with van der Waals surface area (Å²) in [6, 6.07) is 4.47. The Morgan fingerprint density at radius 2 is 1.56 bits per heavy atom. The lowest BCUT2D eigenvalue weighted by Gasteiger charge is -2.17. The van der Waals surface area contributed by atoms with Gasteiger partial charge in [0.2, 0.25) is 0 Å². The predicted octanol–water partition coefficient (Wildman–Crippen LogP) is 4.70. The second-order valence-corrected chi connectivity index (χ2v) is 7.54. The molecule has 1 amide bonds. The van der Waals surface area contributed by atoms with Crippen molar-refractivity contribution in [1.29, 1.82) is 0 Å². The van der Waals surface area contributed by atoms with E-state index < -0.39 is 35.2 Å². The van der Waals surface area contributed by atoms with Gasteiger partial charge in [0, 0.05) is 31.9 Å². The number of aromatic nitrogens is 5. The highest BCUT2D eigenvalue weighted by atomic mass is 19.4. The van der Waals surface area contributed by atoms with Gasteiger partial charge in [-0.25, -0.2) is 0 Å². The van der Waals surface area contributed by atoms with Gasteiger partial charge in [-0.15, -0.1) is 0 Å². The third kappa shape index (κ3) is 4.92. The Balaban J connectivity index is 0.00000158. The number of halogens is 6. The molecule has 1 aliphatic carbocycles. The van der Waals surface area contributed by atoms with Crippen LogP contribution in [0.1, 0.15) is 54.3 Å². The van der Waals surface area contributed by atoms with E-state index in [1.54, 1.807) is 13.1 Å². The van der Waals surface area contributed by atoms with Crippen LogP contribution in [0.25, 0.3) is 11.3 Å². The molecule has 184 valence electrons. The summed E-state index contributed by atoms with van der Waals surface area (Å²) in [5, 5.41) is 10.3. The average Bonchev–Trinajstić information content (AvgIpc) is 3.23. The number of alkyl halides is 6. The molecule has 7 nitrogen and oxygen atoms in total. The second kappa shape index (κ2) is 8.76. The maximum atomic E-state index is 13.0. The van der Waals surface area contributed by atoms with E-state index in [9.17, 15) is 31.1 Å². The van der Waals surface area contributed by atoms with Crippen molar-refractivity contribution in [3.05, 3.63) is 53.2 Å². The lowest BCUT2D eigenvalue weighted by molar-refractivity contribution is -0.142. The maximum absolute atomic E-state index is 13.0. The quantitative estimate of drug-likeness (QED) is 0.541. The molecule has 0 bridgehead atoms. The molecule has 3 aromatic rings. The van der Waals surface area contributed by atoms with Crippen LogP contribution in [-0.2, 0) is 32.0 Å². The molecule has 3 heterocycles. The number of nitrogens with one attached hydrogen (secondary N) is 1. The van der Waals surface area contributed by atoms with Crippen molar-refractivity contribution < 1.29 is 31.1 Å². The lowest BCUT2D eigenvalue weighted by atomic mass is 10.1. The van der Waals surface area contributed by atoms with E-state index >= 15 is 0 Å². The van der Waals surface area contributed by atoms with E-state index in [1.165, 1.54) is 17.8 Å². The zero-order chi connectivity index (χ0) is 25.5. The minimum absolute atomic E-state index is 0.192. The molecule has 4 rings (SSSR count). The molecule has 1 aliphatic rings. The molecule has 1 fully saturated rings. The highest BCUT2D eigenvalue weighted by Gasteiger charge is 2.49. The smallest absolute Gasteiger partial charge is 0.340 e. The van der Waals surface area contributed by atoms with Gasteiger partial charge in [0.25, 0.3) is 5.91 Å². The number of rotatable bonds is 4. The number of pyridine rings is 1. The largest absolute Gasteiger partial charge is 0.435 e. The Hall–Kier alpha value is -3.38. The van der Waals surface area contributed by atoms with E-state index in [0.29, 0.717) is 24.6 Å². The Kier molecular flexibility index (Phi) is 6.51. The highest BCUT2D eigenvalue weighted by Crippen LogP contribution is 2.46. The first-order valence-corrected chi connectivity index (χ1v) is 10.3. The molecule has 1 saturated carbocycles. The number of hydrogen-bond donors (Lipinski definition) is 1. The summed E-state index contributed by atoms with van der Waals surface area (Å²) in [7, 11) is 2.80. The van der Waals surface area contributed by atoms with Gasteiger partial charge in [-0.2, -0.15) is 36.5 Å². The zero-order valence-electron chi connectivity index (χ0n) is 18.7. The zero-order valence-corrected chi connectivity index (χ0v) is 18.7. The number of carbonyl (C=O) groups is 1. The van der Waals surface area contributed by atoms with Gasteiger partial charge in [-0.05, 0) is 31.0 Å². The SMILES string of the molecule is CC.Cn1nc(C(F)(F)F)cc1C(=O)NC1(c2cc(-c3ccnc(C(F)(F)F)c3)nn2C)CC1. The summed E-state index contributed by atoms with van der Waals surface area (Å²) in [5.41, 5.74) is -2.45. The van der Waals surface area contributed by atoms with Gasteiger partial charge in [-0.3, -0.25) is 19.1 Å². The van der Waals surface area contributed by atoms with Crippen LogP contribution in [0.4, 0.5) is 26.3 Å². The summed E-state index contributed by atoms with van der Waals surface area (Å²) in [4.78, 5) is 16.0. The molecule has 3 aromatic heterocycles. The van der Waals surface area contributed by atoms with Crippen LogP contribution in [0.5, 0.6) is 0 Å². The Morgan fingerprint density at radius 3 is 2.09 bits per heavy atom. The molecule has 34 heavy (non-hydrogen) atoms. The molecular weight excluding hydrogens is 466 g/mol. The van der Waals surface area contributed by atoms with Crippen molar-refractivity contribution >= 4 is 5.91 Å².